The summed E-state index contributed by atoms with van der Waals surface area (Å²) in [6.45, 7) is 0. The molecule has 1 spiro atoms. The Morgan fingerprint density at radius 2 is 1.88 bits per heavy atom. The fraction of sp³-hybridized carbons (Fsp3) is 0.300. The van der Waals surface area contributed by atoms with Crippen LogP contribution in [-0.4, -0.2) is 28.5 Å². The number of Topliss-reactive ketones (excluding diaryl/α,β-unsaturated/α-hetero) is 1. The number of esters is 1. The van der Waals surface area contributed by atoms with Gasteiger partial charge in [0.05, 0.1) is 18.3 Å². The Kier molecular flexibility index (Phi) is 3.53. The zero-order valence-electron chi connectivity index (χ0n) is 14.0. The molecule has 1 aromatic carbocycles. The van der Waals surface area contributed by atoms with E-state index >= 15 is 0 Å². The maximum absolute atomic E-state index is 12.9. The van der Waals surface area contributed by atoms with Crippen LogP contribution in [0.15, 0.2) is 48.0 Å². The van der Waals surface area contributed by atoms with Crippen molar-refractivity contribution in [1.29, 1.82) is 0 Å². The van der Waals surface area contributed by atoms with Gasteiger partial charge in [-0.3, -0.25) is 4.79 Å². The summed E-state index contributed by atoms with van der Waals surface area (Å²) in [5.41, 5.74) is 1.45. The van der Waals surface area contributed by atoms with E-state index in [1.807, 2.05) is 34.9 Å². The lowest BCUT2D eigenvalue weighted by Crippen LogP contribution is -2.38. The number of nitrogens with zero attached hydrogens (tertiary/aromatic N) is 1. The fourth-order valence-electron chi connectivity index (χ4n) is 4.14. The number of ketones is 1. The average molecular weight is 337 g/mol. The minimum atomic E-state index is -0.649. The maximum atomic E-state index is 12.9. The van der Waals surface area contributed by atoms with Crippen LogP contribution in [0.1, 0.15) is 36.2 Å². The lowest BCUT2D eigenvalue weighted by atomic mass is 9.87. The van der Waals surface area contributed by atoms with Crippen molar-refractivity contribution < 1.29 is 19.4 Å². The number of rotatable bonds is 2. The zero-order valence-corrected chi connectivity index (χ0v) is 14.0. The lowest BCUT2D eigenvalue weighted by Gasteiger charge is -2.35. The topological polar surface area (TPSA) is 68.5 Å². The Morgan fingerprint density at radius 3 is 2.52 bits per heavy atom. The van der Waals surface area contributed by atoms with Crippen molar-refractivity contribution in [3.05, 3.63) is 53.7 Å². The van der Waals surface area contributed by atoms with Crippen molar-refractivity contribution in [2.45, 2.75) is 31.2 Å². The number of allylic oxidation sites excluding steroid dienone is 1. The first-order valence-electron chi connectivity index (χ1n) is 8.44. The molecule has 0 atom stereocenters. The van der Waals surface area contributed by atoms with Gasteiger partial charge < -0.3 is 14.4 Å². The van der Waals surface area contributed by atoms with Crippen LogP contribution in [0, 0.1) is 0 Å². The molecule has 0 radical (unpaired) electrons. The highest BCUT2D eigenvalue weighted by molar-refractivity contribution is 6.25. The number of hydrogen-bond acceptors (Lipinski definition) is 4. The fourth-order valence-corrected chi connectivity index (χ4v) is 4.14. The van der Waals surface area contributed by atoms with E-state index in [2.05, 4.69) is 0 Å². The molecule has 128 valence electrons. The number of aromatic hydroxyl groups is 1. The minimum absolute atomic E-state index is 0.0184. The highest BCUT2D eigenvalue weighted by Gasteiger charge is 2.45. The summed E-state index contributed by atoms with van der Waals surface area (Å²) < 4.78 is 6.72. The van der Waals surface area contributed by atoms with E-state index in [9.17, 15) is 14.7 Å². The van der Waals surface area contributed by atoms with Crippen molar-refractivity contribution in [2.24, 2.45) is 0 Å². The molecule has 5 heteroatoms. The number of methoxy groups -OCH3 is 1. The molecule has 1 aromatic heterocycles. The second-order valence-corrected chi connectivity index (χ2v) is 6.65. The van der Waals surface area contributed by atoms with Gasteiger partial charge in [0.2, 0.25) is 5.78 Å². The number of aromatic nitrogens is 1. The maximum Gasteiger partial charge on any atom is 0.341 e. The van der Waals surface area contributed by atoms with Crippen LogP contribution in [0.3, 0.4) is 0 Å². The van der Waals surface area contributed by atoms with Crippen molar-refractivity contribution in [2.75, 3.05) is 7.11 Å². The highest BCUT2D eigenvalue weighted by Crippen LogP contribution is 2.48. The number of ether oxygens (including phenoxy) is 1. The summed E-state index contributed by atoms with van der Waals surface area (Å²) in [7, 11) is 1.26. The summed E-state index contributed by atoms with van der Waals surface area (Å²) in [4.78, 5) is 25.0. The van der Waals surface area contributed by atoms with E-state index in [0.717, 1.165) is 36.9 Å². The molecular formula is C20H19NO4. The summed E-state index contributed by atoms with van der Waals surface area (Å²) in [6.07, 6.45) is 5.41. The van der Waals surface area contributed by atoms with E-state index in [1.165, 1.54) is 7.11 Å². The highest BCUT2D eigenvalue weighted by atomic mass is 16.5. The molecule has 1 fully saturated rings. The Morgan fingerprint density at radius 1 is 1.20 bits per heavy atom. The summed E-state index contributed by atoms with van der Waals surface area (Å²) in [5.74, 6) is -1.22. The monoisotopic (exact) mass is 337 g/mol. The molecule has 0 unspecified atom stereocenters. The van der Waals surface area contributed by atoms with Gasteiger partial charge in [0.15, 0.2) is 0 Å². The molecule has 25 heavy (non-hydrogen) atoms. The quantitative estimate of drug-likeness (QED) is 0.673. The van der Waals surface area contributed by atoms with Gasteiger partial charge in [-0.25, -0.2) is 4.79 Å². The standard InChI is InChI=1S/C20H19NO4/c1-25-19(24)14-12-20(9-5-6-10-20)21-15(13-7-3-2-4-8-13)11-16(22)17(21)18(14)23/h2-4,7-8,11-12,22H,5-6,9-10H2,1H3. The third-order valence-corrected chi connectivity index (χ3v) is 5.24. The van der Waals surface area contributed by atoms with Crippen LogP contribution >= 0.6 is 0 Å². The van der Waals surface area contributed by atoms with E-state index < -0.39 is 17.3 Å². The number of benzene rings is 1. The normalized spacial score (nSPS) is 18.1. The van der Waals surface area contributed by atoms with Gasteiger partial charge in [-0.15, -0.1) is 0 Å². The first kappa shape index (κ1) is 15.7. The summed E-state index contributed by atoms with van der Waals surface area (Å²) >= 11 is 0. The molecule has 5 nitrogen and oxygen atoms in total. The number of carbonyl (C=O) groups excluding carboxylic acids is 2. The molecule has 1 aliphatic carbocycles. The van der Waals surface area contributed by atoms with E-state index in [1.54, 1.807) is 12.1 Å². The summed E-state index contributed by atoms with van der Waals surface area (Å²) in [5, 5.41) is 10.5. The first-order chi connectivity index (χ1) is 12.1. The average Bonchev–Trinajstić information content (AvgIpc) is 3.24. The van der Waals surface area contributed by atoms with E-state index in [0.29, 0.717) is 0 Å². The molecule has 0 bridgehead atoms. The van der Waals surface area contributed by atoms with Crippen molar-refractivity contribution in [1.82, 2.24) is 4.57 Å². The van der Waals surface area contributed by atoms with E-state index in [4.69, 9.17) is 4.74 Å². The number of carbonyl (C=O) groups is 2. The zero-order chi connectivity index (χ0) is 17.6. The van der Waals surface area contributed by atoms with Gasteiger partial charge >= 0.3 is 5.97 Å². The van der Waals surface area contributed by atoms with Gasteiger partial charge in [0, 0.05) is 6.07 Å². The Bertz CT molecular complexity index is 886. The van der Waals surface area contributed by atoms with E-state index in [-0.39, 0.29) is 17.0 Å². The number of hydrogen-bond donors (Lipinski definition) is 1. The van der Waals surface area contributed by atoms with Gasteiger partial charge in [-0.2, -0.15) is 0 Å². The third-order valence-electron chi connectivity index (χ3n) is 5.24. The molecule has 0 saturated heterocycles. The summed E-state index contributed by atoms with van der Waals surface area (Å²) in [6, 6.07) is 11.3. The molecular weight excluding hydrogens is 318 g/mol. The molecule has 4 rings (SSSR count). The lowest BCUT2D eigenvalue weighted by molar-refractivity contribution is -0.135. The van der Waals surface area contributed by atoms with Crippen LogP contribution in [0.25, 0.3) is 11.3 Å². The molecule has 0 amide bonds. The van der Waals surface area contributed by atoms with Crippen LogP contribution in [0.4, 0.5) is 0 Å². The molecule has 1 aliphatic heterocycles. The Hall–Kier alpha value is -2.82. The van der Waals surface area contributed by atoms with Gasteiger partial charge in [-0.1, -0.05) is 43.2 Å². The number of fused-ring (bicyclic) bond motifs is 2. The smallest absolute Gasteiger partial charge is 0.341 e. The Labute approximate surface area is 145 Å². The van der Waals surface area contributed by atoms with Gasteiger partial charge in [0.25, 0.3) is 0 Å². The molecule has 2 heterocycles. The predicted octanol–water partition coefficient (Wildman–Crippen LogP) is 3.43. The van der Waals surface area contributed by atoms with Crippen molar-refractivity contribution in [3.8, 4) is 17.0 Å². The van der Waals surface area contributed by atoms with Gasteiger partial charge in [-0.05, 0) is 24.5 Å². The van der Waals surface area contributed by atoms with Crippen LogP contribution < -0.4 is 0 Å². The predicted molar refractivity (Wildman–Crippen MR) is 92.4 cm³/mol. The molecule has 2 aliphatic rings. The molecule has 1 N–H and O–H groups in total. The SMILES string of the molecule is COC(=O)C1=CC2(CCCC2)n2c(-c3ccccc3)cc(O)c2C1=O. The largest absolute Gasteiger partial charge is 0.506 e. The van der Waals surface area contributed by atoms with Crippen molar-refractivity contribution in [3.63, 3.8) is 0 Å². The minimum Gasteiger partial charge on any atom is -0.506 e. The molecule has 2 aromatic rings. The van der Waals surface area contributed by atoms with Crippen LogP contribution in [-0.2, 0) is 15.1 Å². The molecule has 1 saturated carbocycles. The first-order valence-corrected chi connectivity index (χ1v) is 8.44. The Balaban J connectivity index is 1.99. The van der Waals surface area contributed by atoms with Gasteiger partial charge in [0.1, 0.15) is 17.0 Å². The second kappa shape index (κ2) is 5.62. The van der Waals surface area contributed by atoms with Crippen LogP contribution in [0.5, 0.6) is 5.75 Å². The van der Waals surface area contributed by atoms with Crippen molar-refractivity contribution >= 4 is 11.8 Å². The third kappa shape index (κ3) is 2.22. The second-order valence-electron chi connectivity index (χ2n) is 6.65. The van der Waals surface area contributed by atoms with Crippen LogP contribution in [0.2, 0.25) is 0 Å².